The molecule has 1 heterocycles. The molecule has 78 valence electrons. The van der Waals surface area contributed by atoms with Gasteiger partial charge in [0.05, 0.1) is 18.0 Å². The van der Waals surface area contributed by atoms with Crippen LogP contribution in [-0.2, 0) is 0 Å². The third kappa shape index (κ3) is 1.64. The van der Waals surface area contributed by atoms with Crippen LogP contribution in [-0.4, -0.2) is 9.97 Å². The molecule has 0 spiro atoms. The first kappa shape index (κ1) is 9.93. The molecule has 1 aromatic heterocycles. The van der Waals surface area contributed by atoms with Crippen LogP contribution in [0.3, 0.4) is 0 Å². The molecule has 2 aromatic rings. The highest BCUT2D eigenvalue weighted by atomic mass is 16.1. The van der Waals surface area contributed by atoms with E-state index in [9.17, 15) is 4.79 Å². The molecule has 0 saturated carbocycles. The Kier molecular flexibility index (Phi) is 2.40. The van der Waals surface area contributed by atoms with E-state index in [0.717, 1.165) is 0 Å². The van der Waals surface area contributed by atoms with E-state index in [1.165, 1.54) is 6.33 Å². The summed E-state index contributed by atoms with van der Waals surface area (Å²) in [5.41, 5.74) is 6.83. The smallest absolute Gasteiger partial charge is 0.274 e. The average molecular weight is 212 g/mol. The van der Waals surface area contributed by atoms with Crippen molar-refractivity contribution < 1.29 is 0 Å². The van der Waals surface area contributed by atoms with E-state index in [2.05, 4.69) is 9.97 Å². The van der Waals surface area contributed by atoms with Crippen LogP contribution in [0.25, 0.3) is 11.3 Å². The normalized spacial score (nSPS) is 9.69. The van der Waals surface area contributed by atoms with Crippen LogP contribution < -0.4 is 11.3 Å². The molecule has 5 nitrogen and oxygen atoms in total. The topological polar surface area (TPSA) is 95.6 Å². The molecule has 3 N–H and O–H groups in total. The summed E-state index contributed by atoms with van der Waals surface area (Å²) in [5.74, 6) is 0. The Morgan fingerprint density at radius 3 is 3.00 bits per heavy atom. The minimum Gasteiger partial charge on any atom is -0.392 e. The first-order valence-corrected chi connectivity index (χ1v) is 4.56. The third-order valence-electron chi connectivity index (χ3n) is 2.15. The van der Waals surface area contributed by atoms with Crippen LogP contribution in [0.4, 0.5) is 5.69 Å². The number of aromatic nitrogens is 2. The molecule has 1 aromatic carbocycles. The van der Waals surface area contributed by atoms with Gasteiger partial charge in [-0.25, -0.2) is 4.98 Å². The number of nitrogens with one attached hydrogen (secondary N) is 1. The van der Waals surface area contributed by atoms with Crippen molar-refractivity contribution in [3.63, 3.8) is 0 Å². The van der Waals surface area contributed by atoms with Crippen molar-refractivity contribution in [3.8, 4) is 17.3 Å². The molecule has 0 atom stereocenters. The van der Waals surface area contributed by atoms with Gasteiger partial charge in [-0.1, -0.05) is 12.1 Å². The number of benzene rings is 1. The van der Waals surface area contributed by atoms with Crippen molar-refractivity contribution >= 4 is 5.69 Å². The van der Waals surface area contributed by atoms with E-state index in [1.54, 1.807) is 24.3 Å². The van der Waals surface area contributed by atoms with Crippen molar-refractivity contribution in [1.82, 2.24) is 9.97 Å². The van der Waals surface area contributed by atoms with Crippen molar-refractivity contribution in [3.05, 3.63) is 46.5 Å². The number of hydrogen-bond acceptors (Lipinski definition) is 4. The van der Waals surface area contributed by atoms with Crippen LogP contribution >= 0.6 is 0 Å². The lowest BCUT2D eigenvalue weighted by molar-refractivity contribution is 1.13. The predicted octanol–water partition coefficient (Wildman–Crippen LogP) is 0.891. The highest BCUT2D eigenvalue weighted by Gasteiger charge is 2.07. The lowest BCUT2D eigenvalue weighted by Gasteiger charge is -2.03. The Morgan fingerprint density at radius 2 is 2.25 bits per heavy atom. The molecule has 0 saturated heterocycles. The highest BCUT2D eigenvalue weighted by Crippen LogP contribution is 2.20. The highest BCUT2D eigenvalue weighted by molar-refractivity contribution is 5.72. The largest absolute Gasteiger partial charge is 0.392 e. The van der Waals surface area contributed by atoms with Crippen molar-refractivity contribution in [2.24, 2.45) is 0 Å². The van der Waals surface area contributed by atoms with Gasteiger partial charge in [0.25, 0.3) is 5.56 Å². The number of nitriles is 1. The van der Waals surface area contributed by atoms with Gasteiger partial charge in [-0.15, -0.1) is 0 Å². The Balaban J connectivity index is 2.64. The molecule has 0 aliphatic rings. The number of rotatable bonds is 1. The molecular weight excluding hydrogens is 204 g/mol. The van der Waals surface area contributed by atoms with Gasteiger partial charge in [-0.3, -0.25) is 4.79 Å². The maximum Gasteiger partial charge on any atom is 0.274 e. The molecule has 0 aliphatic heterocycles. The minimum absolute atomic E-state index is 0.0533. The summed E-state index contributed by atoms with van der Waals surface area (Å²) in [7, 11) is 0. The van der Waals surface area contributed by atoms with Gasteiger partial charge in [-0.05, 0) is 12.1 Å². The zero-order chi connectivity index (χ0) is 11.5. The fourth-order valence-electron chi connectivity index (χ4n) is 1.38. The van der Waals surface area contributed by atoms with E-state index in [-0.39, 0.29) is 11.2 Å². The first-order chi connectivity index (χ1) is 7.72. The quantitative estimate of drug-likeness (QED) is 0.733. The summed E-state index contributed by atoms with van der Waals surface area (Å²) < 4.78 is 0. The monoisotopic (exact) mass is 212 g/mol. The van der Waals surface area contributed by atoms with Crippen molar-refractivity contribution in [2.75, 3.05) is 5.73 Å². The predicted molar refractivity (Wildman–Crippen MR) is 59.4 cm³/mol. The SMILES string of the molecule is N#Cc1cccc(-c2nc[nH]c(=O)c2N)c1. The number of hydrogen-bond donors (Lipinski definition) is 2. The maximum absolute atomic E-state index is 11.3. The lowest BCUT2D eigenvalue weighted by atomic mass is 10.1. The van der Waals surface area contributed by atoms with Gasteiger partial charge in [0, 0.05) is 5.56 Å². The van der Waals surface area contributed by atoms with E-state index in [0.29, 0.717) is 16.8 Å². The Bertz CT molecular complexity index is 624. The van der Waals surface area contributed by atoms with Gasteiger partial charge < -0.3 is 10.7 Å². The number of aromatic amines is 1. The number of nitrogens with zero attached hydrogens (tertiary/aromatic N) is 2. The van der Waals surface area contributed by atoms with Crippen LogP contribution in [0.15, 0.2) is 35.4 Å². The summed E-state index contributed by atoms with van der Waals surface area (Å²) in [6, 6.07) is 8.79. The third-order valence-corrected chi connectivity index (χ3v) is 2.15. The standard InChI is InChI=1S/C11H8N4O/c12-5-7-2-1-3-8(4-7)10-9(13)11(16)15-6-14-10/h1-4,6H,13H2,(H,14,15,16). The van der Waals surface area contributed by atoms with Crippen molar-refractivity contribution in [1.29, 1.82) is 5.26 Å². The fourth-order valence-corrected chi connectivity index (χ4v) is 1.38. The molecule has 5 heteroatoms. The van der Waals surface area contributed by atoms with Gasteiger partial charge in [0.2, 0.25) is 0 Å². The van der Waals surface area contributed by atoms with E-state index < -0.39 is 0 Å². The minimum atomic E-state index is -0.382. The fraction of sp³-hybridized carbons (Fsp3) is 0. The second-order valence-corrected chi connectivity index (χ2v) is 3.19. The molecule has 2 rings (SSSR count). The van der Waals surface area contributed by atoms with Crippen LogP contribution in [0.1, 0.15) is 5.56 Å². The van der Waals surface area contributed by atoms with Crippen molar-refractivity contribution in [2.45, 2.75) is 0 Å². The Morgan fingerprint density at radius 1 is 1.44 bits per heavy atom. The summed E-state index contributed by atoms with van der Waals surface area (Å²) in [5, 5.41) is 8.76. The van der Waals surface area contributed by atoms with Gasteiger partial charge >= 0.3 is 0 Å². The zero-order valence-electron chi connectivity index (χ0n) is 8.27. The molecule has 16 heavy (non-hydrogen) atoms. The molecule has 0 radical (unpaired) electrons. The molecule has 0 amide bonds. The Labute approximate surface area is 91.2 Å². The summed E-state index contributed by atoms with van der Waals surface area (Å²) in [4.78, 5) is 17.7. The maximum atomic E-state index is 11.3. The molecule has 0 bridgehead atoms. The first-order valence-electron chi connectivity index (χ1n) is 4.56. The summed E-state index contributed by atoms with van der Waals surface area (Å²) in [6.45, 7) is 0. The number of nitrogens with two attached hydrogens (primary N) is 1. The second kappa shape index (κ2) is 3.87. The molecular formula is C11H8N4O. The van der Waals surface area contributed by atoms with Gasteiger partial charge in [0.15, 0.2) is 0 Å². The summed E-state index contributed by atoms with van der Waals surface area (Å²) in [6.07, 6.45) is 1.28. The van der Waals surface area contributed by atoms with E-state index >= 15 is 0 Å². The number of anilines is 1. The number of H-pyrrole nitrogens is 1. The van der Waals surface area contributed by atoms with E-state index in [1.807, 2.05) is 6.07 Å². The average Bonchev–Trinajstić information content (AvgIpc) is 2.33. The number of nitrogen functional groups attached to an aromatic ring is 1. The molecule has 0 fully saturated rings. The molecule has 0 unspecified atom stereocenters. The Hall–Kier alpha value is -2.61. The molecule has 0 aliphatic carbocycles. The summed E-state index contributed by atoms with van der Waals surface area (Å²) >= 11 is 0. The zero-order valence-corrected chi connectivity index (χ0v) is 8.27. The van der Waals surface area contributed by atoms with Gasteiger partial charge in [-0.2, -0.15) is 5.26 Å². The second-order valence-electron chi connectivity index (χ2n) is 3.19. The van der Waals surface area contributed by atoms with Crippen LogP contribution in [0.5, 0.6) is 0 Å². The van der Waals surface area contributed by atoms with Crippen LogP contribution in [0.2, 0.25) is 0 Å². The van der Waals surface area contributed by atoms with E-state index in [4.69, 9.17) is 11.0 Å². The lowest BCUT2D eigenvalue weighted by Crippen LogP contribution is -2.13. The van der Waals surface area contributed by atoms with Crippen LogP contribution in [0, 0.1) is 11.3 Å². The van der Waals surface area contributed by atoms with Gasteiger partial charge in [0.1, 0.15) is 11.4 Å².